The fourth-order valence-corrected chi connectivity index (χ4v) is 2.60. The van der Waals surface area contributed by atoms with Crippen LogP contribution in [-0.4, -0.2) is 50.7 Å². The Labute approximate surface area is 168 Å². The first-order valence-electron chi connectivity index (χ1n) is 9.18. The van der Waals surface area contributed by atoms with E-state index in [1.165, 1.54) is 12.5 Å². The molecule has 29 heavy (non-hydrogen) atoms. The van der Waals surface area contributed by atoms with Crippen LogP contribution in [0.2, 0.25) is 0 Å². The first-order chi connectivity index (χ1) is 13.6. The number of amides is 2. The quantitative estimate of drug-likeness (QED) is 0.531. The third-order valence-electron chi connectivity index (χ3n) is 3.88. The first kappa shape index (κ1) is 21.9. The maximum absolute atomic E-state index is 12.8. The van der Waals surface area contributed by atoms with Crippen LogP contribution in [0.5, 0.6) is 0 Å². The number of carbonyl (C=O) groups excluding carboxylic acids is 2. The minimum absolute atomic E-state index is 0.1000. The highest BCUT2D eigenvalue weighted by atomic mass is 16.6. The number of benzene rings is 1. The lowest BCUT2D eigenvalue weighted by atomic mass is 10.0. The third-order valence-corrected chi connectivity index (χ3v) is 3.88. The topological polar surface area (TPSA) is 133 Å². The number of nitrogens with one attached hydrogen (secondary N) is 3. The smallest absolute Gasteiger partial charge is 0.408 e. The number of hydrogen-bond acceptors (Lipinski definition) is 5. The maximum Gasteiger partial charge on any atom is 0.408 e. The van der Waals surface area contributed by atoms with E-state index in [2.05, 4.69) is 20.6 Å². The van der Waals surface area contributed by atoms with Crippen LogP contribution in [0.4, 0.5) is 4.79 Å². The van der Waals surface area contributed by atoms with E-state index in [1.807, 2.05) is 6.07 Å². The number of carboxylic acids is 1. The summed E-state index contributed by atoms with van der Waals surface area (Å²) >= 11 is 0. The van der Waals surface area contributed by atoms with Crippen molar-refractivity contribution in [2.75, 3.05) is 0 Å². The number of ether oxygens (including phenoxy) is 1. The molecule has 0 spiro atoms. The number of imidazole rings is 1. The van der Waals surface area contributed by atoms with Crippen LogP contribution in [0.25, 0.3) is 0 Å². The summed E-state index contributed by atoms with van der Waals surface area (Å²) < 4.78 is 5.21. The highest BCUT2D eigenvalue weighted by Gasteiger charge is 2.29. The summed E-state index contributed by atoms with van der Waals surface area (Å²) in [7, 11) is 0. The zero-order valence-corrected chi connectivity index (χ0v) is 16.6. The Balaban J connectivity index is 2.11. The summed E-state index contributed by atoms with van der Waals surface area (Å²) in [5.74, 6) is -1.80. The number of aromatic nitrogens is 2. The molecule has 0 unspecified atom stereocenters. The van der Waals surface area contributed by atoms with Crippen molar-refractivity contribution in [1.82, 2.24) is 20.6 Å². The molecule has 2 atom stereocenters. The van der Waals surface area contributed by atoms with Gasteiger partial charge < -0.3 is 25.5 Å². The number of hydrogen-bond donors (Lipinski definition) is 4. The molecule has 0 aliphatic heterocycles. The van der Waals surface area contributed by atoms with Crippen LogP contribution in [0, 0.1) is 0 Å². The molecule has 0 fully saturated rings. The monoisotopic (exact) mass is 402 g/mol. The minimum atomic E-state index is -1.17. The van der Waals surface area contributed by atoms with Crippen LogP contribution in [0.3, 0.4) is 0 Å². The third kappa shape index (κ3) is 7.65. The fourth-order valence-electron chi connectivity index (χ4n) is 2.60. The maximum atomic E-state index is 12.8. The van der Waals surface area contributed by atoms with Crippen molar-refractivity contribution < 1.29 is 24.2 Å². The molecule has 0 bridgehead atoms. The van der Waals surface area contributed by atoms with Gasteiger partial charge in [-0.3, -0.25) is 4.79 Å². The Morgan fingerprint density at radius 2 is 1.79 bits per heavy atom. The van der Waals surface area contributed by atoms with Crippen LogP contribution in [0.15, 0.2) is 42.9 Å². The zero-order chi connectivity index (χ0) is 21.4. The lowest BCUT2D eigenvalue weighted by Gasteiger charge is -2.24. The molecule has 4 N–H and O–H groups in total. The van der Waals surface area contributed by atoms with Crippen molar-refractivity contribution in [3.63, 3.8) is 0 Å². The van der Waals surface area contributed by atoms with Crippen molar-refractivity contribution in [2.45, 2.75) is 51.3 Å². The molecule has 9 nitrogen and oxygen atoms in total. The molecule has 1 heterocycles. The molecule has 0 aliphatic carbocycles. The SMILES string of the molecule is CC(C)(C)OC(=O)N[C@@H](Cc1cnc[nH]1)C(=O)N[C@H](Cc1ccccc1)C(=O)O. The summed E-state index contributed by atoms with van der Waals surface area (Å²) in [5.41, 5.74) is 0.636. The van der Waals surface area contributed by atoms with E-state index in [-0.39, 0.29) is 12.8 Å². The zero-order valence-electron chi connectivity index (χ0n) is 16.6. The van der Waals surface area contributed by atoms with E-state index in [0.717, 1.165) is 5.56 Å². The molecule has 1 aromatic carbocycles. The molecule has 2 rings (SSSR count). The molecule has 0 saturated carbocycles. The van der Waals surface area contributed by atoms with Gasteiger partial charge in [0, 0.05) is 24.7 Å². The van der Waals surface area contributed by atoms with Crippen LogP contribution in [0.1, 0.15) is 32.0 Å². The fraction of sp³-hybridized carbons (Fsp3) is 0.400. The molecule has 0 aliphatic rings. The Kier molecular flexibility index (Phi) is 7.35. The number of aliphatic carboxylic acids is 1. The highest BCUT2D eigenvalue weighted by molar-refractivity contribution is 5.89. The highest BCUT2D eigenvalue weighted by Crippen LogP contribution is 2.09. The Morgan fingerprint density at radius 1 is 1.10 bits per heavy atom. The van der Waals surface area contributed by atoms with E-state index in [0.29, 0.717) is 5.69 Å². The predicted octanol–water partition coefficient (Wildman–Crippen LogP) is 1.66. The number of nitrogens with zero attached hydrogens (tertiary/aromatic N) is 1. The predicted molar refractivity (Wildman–Crippen MR) is 105 cm³/mol. The van der Waals surface area contributed by atoms with Crippen molar-refractivity contribution >= 4 is 18.0 Å². The standard InChI is InChI=1S/C20H26N4O5/c1-20(2,3)29-19(28)24-15(10-14-11-21-12-22-14)17(25)23-16(18(26)27)9-13-7-5-4-6-8-13/h4-8,11-12,15-16H,9-10H2,1-3H3,(H,21,22)(H,23,25)(H,24,28)(H,26,27)/t15-,16+/m0/s1. The van der Waals surface area contributed by atoms with Crippen molar-refractivity contribution in [3.8, 4) is 0 Å². The lowest BCUT2D eigenvalue weighted by molar-refractivity contribution is -0.142. The van der Waals surface area contributed by atoms with Crippen molar-refractivity contribution in [3.05, 3.63) is 54.1 Å². The van der Waals surface area contributed by atoms with Crippen LogP contribution < -0.4 is 10.6 Å². The van der Waals surface area contributed by atoms with E-state index in [1.54, 1.807) is 45.0 Å². The number of carbonyl (C=O) groups is 3. The second-order valence-electron chi connectivity index (χ2n) is 7.57. The average molecular weight is 402 g/mol. The number of alkyl carbamates (subject to hydrolysis) is 1. The summed E-state index contributed by atoms with van der Waals surface area (Å²) in [6.45, 7) is 5.12. The van der Waals surface area contributed by atoms with Gasteiger partial charge in [-0.25, -0.2) is 14.6 Å². The van der Waals surface area contributed by atoms with Crippen LogP contribution in [-0.2, 0) is 27.2 Å². The summed E-state index contributed by atoms with van der Waals surface area (Å²) in [5, 5.41) is 14.5. The Morgan fingerprint density at radius 3 is 2.34 bits per heavy atom. The van der Waals surface area contributed by atoms with Crippen LogP contribution >= 0.6 is 0 Å². The minimum Gasteiger partial charge on any atom is -0.480 e. The first-order valence-corrected chi connectivity index (χ1v) is 9.18. The molecule has 9 heteroatoms. The molecule has 0 radical (unpaired) electrons. The van der Waals surface area contributed by atoms with Gasteiger partial charge in [-0.15, -0.1) is 0 Å². The van der Waals surface area contributed by atoms with Gasteiger partial charge in [0.15, 0.2) is 0 Å². The van der Waals surface area contributed by atoms with E-state index in [9.17, 15) is 19.5 Å². The number of carboxylic acid groups (broad SMARTS) is 1. The van der Waals surface area contributed by atoms with Gasteiger partial charge >= 0.3 is 12.1 Å². The van der Waals surface area contributed by atoms with Gasteiger partial charge in [0.2, 0.25) is 5.91 Å². The van der Waals surface area contributed by atoms with Gasteiger partial charge in [0.25, 0.3) is 0 Å². The van der Waals surface area contributed by atoms with Gasteiger partial charge in [0.1, 0.15) is 17.7 Å². The number of rotatable bonds is 8. The summed E-state index contributed by atoms with van der Waals surface area (Å²) in [6, 6.07) is 6.79. The normalized spacial score (nSPS) is 13.2. The Hall–Kier alpha value is -3.36. The lowest BCUT2D eigenvalue weighted by Crippen LogP contribution is -2.53. The van der Waals surface area contributed by atoms with Crippen molar-refractivity contribution in [2.24, 2.45) is 0 Å². The molecule has 156 valence electrons. The second-order valence-corrected chi connectivity index (χ2v) is 7.57. The molecular weight excluding hydrogens is 376 g/mol. The molecule has 2 amide bonds. The largest absolute Gasteiger partial charge is 0.480 e. The number of aromatic amines is 1. The van der Waals surface area contributed by atoms with E-state index in [4.69, 9.17) is 4.74 Å². The van der Waals surface area contributed by atoms with E-state index >= 15 is 0 Å². The van der Waals surface area contributed by atoms with E-state index < -0.39 is 35.7 Å². The van der Waals surface area contributed by atoms with Gasteiger partial charge in [-0.05, 0) is 26.3 Å². The average Bonchev–Trinajstić information content (AvgIpc) is 3.13. The number of H-pyrrole nitrogens is 1. The molecule has 1 aromatic heterocycles. The Bertz CT molecular complexity index is 815. The summed E-state index contributed by atoms with van der Waals surface area (Å²) in [6.07, 6.45) is 2.42. The molecule has 0 saturated heterocycles. The van der Waals surface area contributed by atoms with Crippen molar-refractivity contribution in [1.29, 1.82) is 0 Å². The van der Waals surface area contributed by atoms with Gasteiger partial charge in [-0.1, -0.05) is 30.3 Å². The second kappa shape index (κ2) is 9.72. The van der Waals surface area contributed by atoms with Gasteiger partial charge in [-0.2, -0.15) is 0 Å². The molecular formula is C20H26N4O5. The van der Waals surface area contributed by atoms with Gasteiger partial charge in [0.05, 0.1) is 6.33 Å². The summed E-state index contributed by atoms with van der Waals surface area (Å²) in [4.78, 5) is 43.4. The molecule has 2 aromatic rings.